The molecule has 0 heterocycles. The molecule has 1 rings (SSSR count). The fourth-order valence-corrected chi connectivity index (χ4v) is 1.18. The minimum atomic E-state index is 0.948. The topological polar surface area (TPSA) is 0 Å². The van der Waals surface area contributed by atoms with E-state index in [1.807, 2.05) is 0 Å². The highest BCUT2D eigenvalue weighted by Gasteiger charge is 2.22. The second-order valence-electron chi connectivity index (χ2n) is 2.86. The van der Waals surface area contributed by atoms with Crippen molar-refractivity contribution in [3.8, 4) is 0 Å². The van der Waals surface area contributed by atoms with Crippen LogP contribution in [0.2, 0.25) is 0 Å². The van der Waals surface area contributed by atoms with Gasteiger partial charge in [-0.2, -0.15) is 0 Å². The van der Waals surface area contributed by atoms with E-state index in [2.05, 4.69) is 20.3 Å². The monoisotopic (exact) mass is 111 g/mol. The van der Waals surface area contributed by atoms with E-state index in [4.69, 9.17) is 0 Å². The molecule has 0 heteroatoms. The fraction of sp³-hybridized carbons (Fsp3) is 0.875. The zero-order chi connectivity index (χ0) is 5.98. The maximum absolute atomic E-state index is 2.45. The first-order chi connectivity index (χ1) is 3.84. The Bertz CT molecular complexity index is 59.7. The van der Waals surface area contributed by atoms with Crippen molar-refractivity contribution >= 4 is 0 Å². The third kappa shape index (κ3) is 1.04. The van der Waals surface area contributed by atoms with E-state index in [-0.39, 0.29) is 0 Å². The van der Waals surface area contributed by atoms with Gasteiger partial charge in [0.15, 0.2) is 0 Å². The van der Waals surface area contributed by atoms with Gasteiger partial charge in [-0.1, -0.05) is 20.3 Å². The van der Waals surface area contributed by atoms with E-state index in [9.17, 15) is 0 Å². The molecule has 0 aromatic rings. The predicted molar refractivity (Wildman–Crippen MR) is 36.5 cm³/mol. The quantitative estimate of drug-likeness (QED) is 0.514. The maximum Gasteiger partial charge on any atom is -0.0352 e. The molecule has 0 nitrogen and oxygen atoms in total. The molecule has 0 N–H and O–H groups in total. The number of hydrogen-bond donors (Lipinski definition) is 0. The highest BCUT2D eigenvalue weighted by molar-refractivity contribution is 4.89. The van der Waals surface area contributed by atoms with Crippen LogP contribution >= 0.6 is 0 Å². The lowest BCUT2D eigenvalue weighted by atomic mass is 9.76. The van der Waals surface area contributed by atoms with Gasteiger partial charge in [-0.05, 0) is 31.1 Å². The highest BCUT2D eigenvalue weighted by Crippen LogP contribution is 2.33. The van der Waals surface area contributed by atoms with Crippen LogP contribution in [0.25, 0.3) is 0 Å². The standard InChI is InChI=1S/C8H15/c1-3-7(2)8-5-4-6-8/h5,7-8H,3-4,6H2,1-2H3. The van der Waals surface area contributed by atoms with E-state index < -0.39 is 0 Å². The fourth-order valence-electron chi connectivity index (χ4n) is 1.18. The molecule has 8 heavy (non-hydrogen) atoms. The molecular weight excluding hydrogens is 96.1 g/mol. The molecule has 1 radical (unpaired) electrons. The smallest absolute Gasteiger partial charge is 0.0352 e. The second kappa shape index (κ2) is 2.52. The average Bonchev–Trinajstić information content (AvgIpc) is 1.62. The molecular formula is C8H15. The Morgan fingerprint density at radius 2 is 2.38 bits per heavy atom. The van der Waals surface area contributed by atoms with Crippen LogP contribution in [0.4, 0.5) is 0 Å². The van der Waals surface area contributed by atoms with Gasteiger partial charge >= 0.3 is 0 Å². The Hall–Kier alpha value is 0. The summed E-state index contributed by atoms with van der Waals surface area (Å²) in [4.78, 5) is 0. The summed E-state index contributed by atoms with van der Waals surface area (Å²) in [6.45, 7) is 4.62. The van der Waals surface area contributed by atoms with Crippen molar-refractivity contribution in [2.24, 2.45) is 11.8 Å². The third-order valence-electron chi connectivity index (χ3n) is 2.34. The molecule has 0 bridgehead atoms. The van der Waals surface area contributed by atoms with Crippen LogP contribution in [0.3, 0.4) is 0 Å². The molecule has 2 unspecified atom stereocenters. The van der Waals surface area contributed by atoms with Crippen LogP contribution < -0.4 is 0 Å². The first-order valence-corrected chi connectivity index (χ1v) is 3.68. The minimum absolute atomic E-state index is 0.948. The van der Waals surface area contributed by atoms with E-state index in [0.717, 1.165) is 11.8 Å². The van der Waals surface area contributed by atoms with Crippen molar-refractivity contribution in [2.45, 2.75) is 33.1 Å². The molecule has 1 saturated carbocycles. The van der Waals surface area contributed by atoms with Crippen molar-refractivity contribution in [3.63, 3.8) is 0 Å². The Morgan fingerprint density at radius 3 is 2.50 bits per heavy atom. The SMILES string of the molecule is CCC(C)C1[CH]CC1. The molecule has 0 aliphatic heterocycles. The molecule has 2 atom stereocenters. The number of hydrogen-bond acceptors (Lipinski definition) is 0. The Kier molecular flexibility index (Phi) is 1.93. The van der Waals surface area contributed by atoms with Gasteiger partial charge in [0.05, 0.1) is 0 Å². The van der Waals surface area contributed by atoms with Gasteiger partial charge in [0.1, 0.15) is 0 Å². The first kappa shape index (κ1) is 6.12. The zero-order valence-electron chi connectivity index (χ0n) is 5.85. The van der Waals surface area contributed by atoms with Crippen LogP contribution in [-0.2, 0) is 0 Å². The normalized spacial score (nSPS) is 24.8. The third-order valence-corrected chi connectivity index (χ3v) is 2.34. The summed E-state index contributed by atoms with van der Waals surface area (Å²) in [5.74, 6) is 1.92. The summed E-state index contributed by atoms with van der Waals surface area (Å²) in [7, 11) is 0. The van der Waals surface area contributed by atoms with Crippen LogP contribution in [-0.4, -0.2) is 0 Å². The van der Waals surface area contributed by atoms with Crippen LogP contribution in [0.15, 0.2) is 0 Å². The van der Waals surface area contributed by atoms with E-state index in [1.165, 1.54) is 19.3 Å². The van der Waals surface area contributed by atoms with E-state index in [0.29, 0.717) is 0 Å². The highest BCUT2D eigenvalue weighted by atomic mass is 14.3. The molecule has 0 saturated heterocycles. The van der Waals surface area contributed by atoms with Crippen LogP contribution in [0, 0.1) is 18.3 Å². The predicted octanol–water partition coefficient (Wildman–Crippen LogP) is 2.65. The van der Waals surface area contributed by atoms with E-state index >= 15 is 0 Å². The lowest BCUT2D eigenvalue weighted by Gasteiger charge is -2.30. The van der Waals surface area contributed by atoms with Crippen molar-refractivity contribution in [3.05, 3.63) is 6.42 Å². The summed E-state index contributed by atoms with van der Waals surface area (Å²) in [5.41, 5.74) is 0. The van der Waals surface area contributed by atoms with Gasteiger partial charge in [0, 0.05) is 0 Å². The minimum Gasteiger partial charge on any atom is -0.0651 e. The summed E-state index contributed by atoms with van der Waals surface area (Å²) in [6, 6.07) is 0. The summed E-state index contributed by atoms with van der Waals surface area (Å²) in [6.07, 6.45) is 6.62. The van der Waals surface area contributed by atoms with Gasteiger partial charge in [-0.25, -0.2) is 0 Å². The Labute approximate surface area is 52.3 Å². The van der Waals surface area contributed by atoms with E-state index in [1.54, 1.807) is 0 Å². The first-order valence-electron chi connectivity index (χ1n) is 3.68. The second-order valence-corrected chi connectivity index (χ2v) is 2.86. The average molecular weight is 111 g/mol. The summed E-state index contributed by atoms with van der Waals surface area (Å²) >= 11 is 0. The summed E-state index contributed by atoms with van der Waals surface area (Å²) < 4.78 is 0. The van der Waals surface area contributed by atoms with Gasteiger partial charge in [0.2, 0.25) is 0 Å². The molecule has 1 aliphatic rings. The van der Waals surface area contributed by atoms with Gasteiger partial charge < -0.3 is 0 Å². The van der Waals surface area contributed by atoms with Crippen LogP contribution in [0.1, 0.15) is 33.1 Å². The molecule has 1 aliphatic carbocycles. The molecule has 0 spiro atoms. The maximum atomic E-state index is 2.45. The van der Waals surface area contributed by atoms with Crippen molar-refractivity contribution in [1.82, 2.24) is 0 Å². The Balaban J connectivity index is 2.13. The summed E-state index contributed by atoms with van der Waals surface area (Å²) in [5, 5.41) is 0. The van der Waals surface area contributed by atoms with Crippen LogP contribution in [0.5, 0.6) is 0 Å². The van der Waals surface area contributed by atoms with Crippen molar-refractivity contribution in [1.29, 1.82) is 0 Å². The van der Waals surface area contributed by atoms with Gasteiger partial charge in [0.25, 0.3) is 0 Å². The molecule has 1 fully saturated rings. The molecule has 47 valence electrons. The largest absolute Gasteiger partial charge is 0.0651 e. The lowest BCUT2D eigenvalue weighted by molar-refractivity contribution is 0.298. The van der Waals surface area contributed by atoms with Gasteiger partial charge in [-0.15, -0.1) is 0 Å². The zero-order valence-corrected chi connectivity index (χ0v) is 5.85. The number of rotatable bonds is 2. The molecule has 0 aromatic heterocycles. The molecule has 0 aromatic carbocycles. The lowest BCUT2D eigenvalue weighted by Crippen LogP contribution is -2.19. The van der Waals surface area contributed by atoms with Gasteiger partial charge in [-0.3, -0.25) is 0 Å². The van der Waals surface area contributed by atoms with Crippen molar-refractivity contribution < 1.29 is 0 Å². The Morgan fingerprint density at radius 1 is 1.75 bits per heavy atom. The molecule has 0 amide bonds. The van der Waals surface area contributed by atoms with Crippen molar-refractivity contribution in [2.75, 3.05) is 0 Å².